The molecule has 36 heavy (non-hydrogen) atoms. The molecule has 1 saturated heterocycles. The molecule has 1 aliphatic heterocycles. The predicted octanol–water partition coefficient (Wildman–Crippen LogP) is -2.09. The minimum atomic E-state index is -1.17. The first-order valence-corrected chi connectivity index (χ1v) is 11.9. The second kappa shape index (κ2) is 19.4. The van der Waals surface area contributed by atoms with Crippen molar-refractivity contribution in [3.63, 3.8) is 0 Å². The molecule has 0 aromatic carbocycles. The number of nitrogens with one attached hydrogen (secondary N) is 1. The molecule has 4 N–H and O–H groups in total. The highest BCUT2D eigenvalue weighted by molar-refractivity contribution is 5.87. The fraction of sp³-hybridized carbons (Fsp3) is 0.739. The van der Waals surface area contributed by atoms with Crippen LogP contribution in [0.3, 0.4) is 0 Å². The lowest BCUT2D eigenvalue weighted by atomic mass is 10.0. The number of ether oxygens (including phenoxy) is 4. The monoisotopic (exact) mass is 514 g/mol. The van der Waals surface area contributed by atoms with Gasteiger partial charge in [0.05, 0.1) is 58.6 Å². The van der Waals surface area contributed by atoms with E-state index >= 15 is 0 Å². The molecule has 0 aromatic heterocycles. The van der Waals surface area contributed by atoms with E-state index in [0.717, 1.165) is 0 Å². The van der Waals surface area contributed by atoms with E-state index in [0.29, 0.717) is 65.8 Å². The van der Waals surface area contributed by atoms with E-state index in [1.165, 1.54) is 0 Å². The third-order valence-electron chi connectivity index (χ3n) is 5.20. The molecule has 0 spiro atoms. The summed E-state index contributed by atoms with van der Waals surface area (Å²) in [4.78, 5) is 50.3. The van der Waals surface area contributed by atoms with Crippen molar-refractivity contribution in [3.05, 3.63) is 0 Å². The molecule has 0 saturated carbocycles. The van der Waals surface area contributed by atoms with Gasteiger partial charge in [-0.2, -0.15) is 0 Å². The molecule has 1 aliphatic rings. The van der Waals surface area contributed by atoms with Gasteiger partial charge in [-0.1, -0.05) is 5.92 Å². The number of amides is 3. The molecule has 204 valence electrons. The molecule has 0 aromatic rings. The summed E-state index contributed by atoms with van der Waals surface area (Å²) in [6.07, 6.45) is 5.13. The molecule has 0 aliphatic carbocycles. The third-order valence-corrected chi connectivity index (χ3v) is 5.20. The lowest BCUT2D eigenvalue weighted by Gasteiger charge is -2.36. The number of piperazine rings is 1. The first kappa shape index (κ1) is 31.3. The minimum absolute atomic E-state index is 0.0242. The highest BCUT2D eigenvalue weighted by Crippen LogP contribution is 2.11. The van der Waals surface area contributed by atoms with Crippen LogP contribution < -0.4 is 11.1 Å². The number of carboxylic acids is 1. The van der Waals surface area contributed by atoms with Gasteiger partial charge in [0.25, 0.3) is 0 Å². The van der Waals surface area contributed by atoms with Gasteiger partial charge in [0.1, 0.15) is 13.2 Å². The van der Waals surface area contributed by atoms with Crippen molar-refractivity contribution < 1.29 is 43.2 Å². The van der Waals surface area contributed by atoms with E-state index in [4.69, 9.17) is 36.2 Å². The van der Waals surface area contributed by atoms with Crippen molar-refractivity contribution in [3.8, 4) is 12.3 Å². The van der Waals surface area contributed by atoms with Gasteiger partial charge in [0.15, 0.2) is 0 Å². The summed E-state index contributed by atoms with van der Waals surface area (Å²) >= 11 is 0. The Balaban J connectivity index is 2.14. The van der Waals surface area contributed by atoms with Crippen LogP contribution in [0, 0.1) is 18.3 Å². The number of rotatable bonds is 20. The Morgan fingerprint density at radius 1 is 0.917 bits per heavy atom. The van der Waals surface area contributed by atoms with E-state index in [1.807, 2.05) is 4.90 Å². The smallest absolute Gasteiger partial charge is 0.322 e. The van der Waals surface area contributed by atoms with Crippen LogP contribution in [-0.4, -0.2) is 131 Å². The quantitative estimate of drug-likeness (QED) is 0.121. The van der Waals surface area contributed by atoms with E-state index in [2.05, 4.69) is 11.2 Å². The number of hydrogen-bond acceptors (Lipinski definition) is 9. The number of primary amides is 1. The molecule has 1 atom stereocenters. The number of hydrogen-bond donors (Lipinski definition) is 3. The Morgan fingerprint density at radius 3 is 2.00 bits per heavy atom. The molecule has 1 heterocycles. The van der Waals surface area contributed by atoms with Gasteiger partial charge in [-0.3, -0.25) is 24.1 Å². The summed E-state index contributed by atoms with van der Waals surface area (Å²) in [5, 5.41) is 11.0. The lowest BCUT2D eigenvalue weighted by molar-refractivity contribution is -0.139. The highest BCUT2D eigenvalue weighted by Gasteiger charge is 2.27. The van der Waals surface area contributed by atoms with Gasteiger partial charge >= 0.3 is 5.97 Å². The first-order valence-electron chi connectivity index (χ1n) is 11.9. The summed E-state index contributed by atoms with van der Waals surface area (Å²) in [7, 11) is 0. The largest absolute Gasteiger partial charge is 0.480 e. The van der Waals surface area contributed by atoms with E-state index in [-0.39, 0.29) is 38.5 Å². The Kier molecular flexibility index (Phi) is 16.9. The molecule has 3 amide bonds. The molecule has 0 radical (unpaired) electrons. The first-order chi connectivity index (χ1) is 17.3. The average Bonchev–Trinajstić information content (AvgIpc) is 2.85. The normalized spacial score (nSPS) is 14.7. The molecule has 0 bridgehead atoms. The summed E-state index contributed by atoms with van der Waals surface area (Å²) in [6.45, 7) is 4.85. The number of aliphatic carboxylic acids is 1. The zero-order valence-corrected chi connectivity index (χ0v) is 20.7. The SMILES string of the molecule is C#CCOCCOCCOCCOCCC(=O)N1CCN(CC(CC(N)=O)C(=O)NCC(=O)O)CC1. The second-order valence-electron chi connectivity index (χ2n) is 8.00. The number of carbonyl (C=O) groups is 4. The van der Waals surface area contributed by atoms with Crippen LogP contribution in [0.15, 0.2) is 0 Å². The molecule has 13 heteroatoms. The number of carboxylic acid groups (broad SMARTS) is 1. The van der Waals surface area contributed by atoms with Crippen LogP contribution in [0.2, 0.25) is 0 Å². The third kappa shape index (κ3) is 15.3. The number of nitrogens with two attached hydrogens (primary N) is 1. The molecular weight excluding hydrogens is 476 g/mol. The van der Waals surface area contributed by atoms with Gasteiger partial charge in [-0.25, -0.2) is 0 Å². The van der Waals surface area contributed by atoms with Gasteiger partial charge in [-0.15, -0.1) is 6.42 Å². The van der Waals surface area contributed by atoms with Crippen molar-refractivity contribution in [2.45, 2.75) is 12.8 Å². The van der Waals surface area contributed by atoms with Gasteiger partial charge in [0.2, 0.25) is 17.7 Å². The topological polar surface area (TPSA) is 170 Å². The van der Waals surface area contributed by atoms with Crippen LogP contribution in [0.25, 0.3) is 0 Å². The van der Waals surface area contributed by atoms with Gasteiger partial charge < -0.3 is 40.0 Å². The maximum Gasteiger partial charge on any atom is 0.322 e. The van der Waals surface area contributed by atoms with Crippen LogP contribution >= 0.6 is 0 Å². The zero-order chi connectivity index (χ0) is 26.6. The summed E-state index contributed by atoms with van der Waals surface area (Å²) in [5.41, 5.74) is 5.24. The maximum absolute atomic E-state index is 12.4. The van der Waals surface area contributed by atoms with Crippen LogP contribution in [0.4, 0.5) is 0 Å². The Morgan fingerprint density at radius 2 is 1.47 bits per heavy atom. The van der Waals surface area contributed by atoms with Crippen molar-refractivity contribution in [1.82, 2.24) is 15.1 Å². The van der Waals surface area contributed by atoms with Crippen molar-refractivity contribution in [2.24, 2.45) is 11.7 Å². The van der Waals surface area contributed by atoms with Crippen LogP contribution in [-0.2, 0) is 38.1 Å². The highest BCUT2D eigenvalue weighted by atomic mass is 16.6. The summed E-state index contributed by atoms with van der Waals surface area (Å²) in [6, 6.07) is 0. The number of carbonyl (C=O) groups excluding carboxylic acids is 3. The molecular formula is C23H38N4O9. The van der Waals surface area contributed by atoms with Crippen LogP contribution in [0.5, 0.6) is 0 Å². The average molecular weight is 515 g/mol. The number of terminal acetylenes is 1. The van der Waals surface area contributed by atoms with E-state index in [9.17, 15) is 19.2 Å². The van der Waals surface area contributed by atoms with Crippen molar-refractivity contribution in [2.75, 3.05) is 92.1 Å². The van der Waals surface area contributed by atoms with E-state index < -0.39 is 30.2 Å². The maximum atomic E-state index is 12.4. The van der Waals surface area contributed by atoms with Crippen molar-refractivity contribution in [1.29, 1.82) is 0 Å². The molecule has 13 nitrogen and oxygen atoms in total. The zero-order valence-electron chi connectivity index (χ0n) is 20.7. The standard InChI is InChI=1S/C23H38N4O9/c1-2-8-33-10-12-35-14-15-36-13-11-34-9-3-21(29)27-6-4-26(5-7-27)18-19(16-20(24)28)23(32)25-17-22(30)31/h1,19H,3-18H2,(H2,24,28)(H,25,32)(H,30,31). The molecule has 1 unspecified atom stereocenters. The summed E-state index contributed by atoms with van der Waals surface area (Å²) in [5.74, 6) is -0.749. The Labute approximate surface area is 211 Å². The fourth-order valence-electron chi connectivity index (χ4n) is 3.39. The van der Waals surface area contributed by atoms with Gasteiger partial charge in [-0.05, 0) is 0 Å². The number of nitrogens with zero attached hydrogens (tertiary/aromatic N) is 2. The Hall–Kier alpha value is -2.76. The summed E-state index contributed by atoms with van der Waals surface area (Å²) < 4.78 is 21.2. The minimum Gasteiger partial charge on any atom is -0.480 e. The second-order valence-corrected chi connectivity index (χ2v) is 8.00. The van der Waals surface area contributed by atoms with Gasteiger partial charge in [0, 0.05) is 39.1 Å². The van der Waals surface area contributed by atoms with E-state index in [1.54, 1.807) is 4.90 Å². The fourth-order valence-corrected chi connectivity index (χ4v) is 3.39. The Bertz CT molecular complexity index is 721. The van der Waals surface area contributed by atoms with Crippen molar-refractivity contribution >= 4 is 23.7 Å². The molecule has 1 fully saturated rings. The van der Waals surface area contributed by atoms with Crippen LogP contribution in [0.1, 0.15) is 12.8 Å². The predicted molar refractivity (Wildman–Crippen MR) is 128 cm³/mol. The molecule has 1 rings (SSSR count). The lowest BCUT2D eigenvalue weighted by Crippen LogP contribution is -2.51.